The number of amides is 2. The summed E-state index contributed by atoms with van der Waals surface area (Å²) in [6.45, 7) is 9.43. The van der Waals surface area contributed by atoms with Crippen LogP contribution in [0.4, 0.5) is 16.4 Å². The quantitative estimate of drug-likeness (QED) is 0.481. The summed E-state index contributed by atoms with van der Waals surface area (Å²) in [6.07, 6.45) is 7.78. The average molecular weight is 504 g/mol. The molecule has 0 saturated carbocycles. The molecule has 1 fully saturated rings. The molecule has 2 aliphatic rings. The minimum atomic E-state index is -0.191. The van der Waals surface area contributed by atoms with E-state index in [1.165, 1.54) is 11.1 Å². The molecule has 37 heavy (non-hydrogen) atoms. The molecule has 1 atom stereocenters. The molecule has 1 unspecified atom stereocenters. The van der Waals surface area contributed by atoms with Crippen molar-refractivity contribution in [3.05, 3.63) is 53.5 Å². The number of nitrogens with one attached hydrogen (secondary N) is 2. The van der Waals surface area contributed by atoms with Crippen molar-refractivity contribution in [1.82, 2.24) is 30.0 Å². The van der Waals surface area contributed by atoms with Gasteiger partial charge < -0.3 is 20.3 Å². The van der Waals surface area contributed by atoms with Gasteiger partial charge in [0.25, 0.3) is 0 Å². The molecule has 0 spiro atoms. The van der Waals surface area contributed by atoms with E-state index in [4.69, 9.17) is 9.72 Å². The Morgan fingerprint density at radius 3 is 2.70 bits per heavy atom. The third kappa shape index (κ3) is 5.77. The first-order valence-electron chi connectivity index (χ1n) is 13.1. The normalized spacial score (nSPS) is 18.1. The minimum absolute atomic E-state index is 0.00658. The van der Waals surface area contributed by atoms with Crippen LogP contribution >= 0.6 is 0 Å². The molecule has 0 bridgehead atoms. The molecule has 1 saturated heterocycles. The lowest BCUT2D eigenvalue weighted by Crippen LogP contribution is -2.59. The van der Waals surface area contributed by atoms with Gasteiger partial charge in [0, 0.05) is 18.8 Å². The predicted molar refractivity (Wildman–Crippen MR) is 144 cm³/mol. The first-order valence-corrected chi connectivity index (χ1v) is 13.1. The van der Waals surface area contributed by atoms with Crippen molar-refractivity contribution in [2.24, 2.45) is 7.05 Å². The Labute approximate surface area is 218 Å². The Hall–Kier alpha value is -3.46. The van der Waals surface area contributed by atoms with Gasteiger partial charge in [-0.1, -0.05) is 18.6 Å². The van der Waals surface area contributed by atoms with E-state index in [1.54, 1.807) is 12.4 Å². The Balaban J connectivity index is 1.29. The lowest BCUT2D eigenvalue weighted by molar-refractivity contribution is -0.111. The van der Waals surface area contributed by atoms with Crippen molar-refractivity contribution in [1.29, 1.82) is 0 Å². The molecule has 1 aromatic carbocycles. The van der Waals surface area contributed by atoms with Gasteiger partial charge in [-0.15, -0.1) is 0 Å². The lowest BCUT2D eigenvalue weighted by Gasteiger charge is -2.42. The highest BCUT2D eigenvalue weighted by Gasteiger charge is 2.35. The fourth-order valence-electron chi connectivity index (χ4n) is 5.03. The fourth-order valence-corrected chi connectivity index (χ4v) is 5.03. The number of hydrogen-bond donors (Lipinski definition) is 2. The zero-order valence-corrected chi connectivity index (χ0v) is 22.4. The molecule has 3 heterocycles. The van der Waals surface area contributed by atoms with Crippen molar-refractivity contribution >= 4 is 17.7 Å². The number of fused-ring (bicyclic) bond motifs is 1. The zero-order valence-electron chi connectivity index (χ0n) is 22.4. The summed E-state index contributed by atoms with van der Waals surface area (Å²) in [5.74, 6) is 0.539. The van der Waals surface area contributed by atoms with Crippen LogP contribution in [0.2, 0.25) is 0 Å². The van der Waals surface area contributed by atoms with E-state index in [1.807, 2.05) is 50.4 Å². The van der Waals surface area contributed by atoms with Gasteiger partial charge in [-0.2, -0.15) is 5.10 Å². The molecule has 9 heteroatoms. The van der Waals surface area contributed by atoms with E-state index in [0.717, 1.165) is 48.3 Å². The molecule has 196 valence electrons. The molecule has 2 aromatic heterocycles. The van der Waals surface area contributed by atoms with Crippen LogP contribution in [0.1, 0.15) is 62.9 Å². The van der Waals surface area contributed by atoms with E-state index in [9.17, 15) is 4.79 Å². The minimum Gasteiger partial charge on any atom is -0.369 e. The van der Waals surface area contributed by atoms with Crippen LogP contribution in [-0.2, 0) is 18.2 Å². The lowest BCUT2D eigenvalue weighted by atomic mass is 9.95. The van der Waals surface area contributed by atoms with Gasteiger partial charge in [0.05, 0.1) is 54.1 Å². The number of carbonyl (C=O) groups excluding carboxylic acids is 1. The summed E-state index contributed by atoms with van der Waals surface area (Å²) in [6, 6.07) is 8.41. The summed E-state index contributed by atoms with van der Waals surface area (Å²) >= 11 is 0. The first-order chi connectivity index (χ1) is 17.7. The summed E-state index contributed by atoms with van der Waals surface area (Å²) in [5, 5.41) is 10.8. The van der Waals surface area contributed by atoms with Gasteiger partial charge in [0.2, 0.25) is 5.95 Å². The van der Waals surface area contributed by atoms with Crippen LogP contribution < -0.4 is 10.6 Å². The van der Waals surface area contributed by atoms with Gasteiger partial charge in [-0.3, -0.25) is 4.68 Å². The molecule has 0 radical (unpaired) electrons. The Morgan fingerprint density at radius 1 is 1.16 bits per heavy atom. The van der Waals surface area contributed by atoms with Crippen LogP contribution in [0.25, 0.3) is 11.3 Å². The number of anilines is 2. The standard InChI is InChI=1S/C28H37N7O2/c1-18-25(15-30-34(18)5)32-26-29-13-12-23(31-26)20-10-11-22-19(14-20)8-6-7-9-24(22)33-27(36)35-16-21(17-35)37-28(2,3)4/h10-15,21,24H,6-9,16-17H2,1-5H3,(H,33,36)(H,29,31,32). The maximum absolute atomic E-state index is 13.0. The maximum Gasteiger partial charge on any atom is 0.318 e. The Morgan fingerprint density at radius 2 is 1.97 bits per heavy atom. The number of carbonyl (C=O) groups is 1. The molecule has 1 aliphatic carbocycles. The SMILES string of the molecule is Cc1c(Nc2nccc(-c3ccc4c(c3)CCCCC4NC(=O)N3CC(OC(C)(C)C)C3)n2)cnn1C. The fraction of sp³-hybridized carbons (Fsp3) is 0.500. The van der Waals surface area contributed by atoms with Crippen molar-refractivity contribution < 1.29 is 9.53 Å². The summed E-state index contributed by atoms with van der Waals surface area (Å²) in [7, 11) is 1.91. The van der Waals surface area contributed by atoms with Gasteiger partial charge in [-0.05, 0) is 70.2 Å². The number of nitrogens with zero attached hydrogens (tertiary/aromatic N) is 5. The number of aryl methyl sites for hydroxylation is 2. The maximum atomic E-state index is 13.0. The average Bonchev–Trinajstić information content (AvgIpc) is 3.02. The summed E-state index contributed by atoms with van der Waals surface area (Å²) in [4.78, 5) is 23.9. The second-order valence-corrected chi connectivity index (χ2v) is 11.1. The molecule has 2 amide bonds. The van der Waals surface area contributed by atoms with Gasteiger partial charge in [0.15, 0.2) is 0 Å². The van der Waals surface area contributed by atoms with Crippen molar-refractivity contribution in [2.45, 2.75) is 71.1 Å². The van der Waals surface area contributed by atoms with Gasteiger partial charge >= 0.3 is 6.03 Å². The third-order valence-electron chi connectivity index (χ3n) is 7.09. The number of aromatic nitrogens is 4. The number of benzene rings is 1. The number of urea groups is 1. The Kier molecular flexibility index (Phi) is 6.90. The molecular formula is C28H37N7O2. The predicted octanol–water partition coefficient (Wildman–Crippen LogP) is 4.91. The van der Waals surface area contributed by atoms with Gasteiger partial charge in [-0.25, -0.2) is 14.8 Å². The van der Waals surface area contributed by atoms with Crippen molar-refractivity contribution in [3.8, 4) is 11.3 Å². The topological polar surface area (TPSA) is 97.2 Å². The number of hydrogen-bond acceptors (Lipinski definition) is 6. The highest BCUT2D eigenvalue weighted by atomic mass is 16.5. The second-order valence-electron chi connectivity index (χ2n) is 11.1. The summed E-state index contributed by atoms with van der Waals surface area (Å²) in [5.41, 5.74) is 6.09. The van der Waals surface area contributed by atoms with E-state index >= 15 is 0 Å². The van der Waals surface area contributed by atoms with Crippen LogP contribution in [0, 0.1) is 6.92 Å². The van der Waals surface area contributed by atoms with Crippen LogP contribution in [0.15, 0.2) is 36.7 Å². The third-order valence-corrected chi connectivity index (χ3v) is 7.09. The van der Waals surface area contributed by atoms with E-state index in [2.05, 4.69) is 38.9 Å². The number of likely N-dealkylation sites (tertiary alicyclic amines) is 1. The molecule has 5 rings (SSSR count). The van der Waals surface area contributed by atoms with Gasteiger partial charge in [0.1, 0.15) is 0 Å². The molecule has 1 aliphatic heterocycles. The highest BCUT2D eigenvalue weighted by Crippen LogP contribution is 2.32. The van der Waals surface area contributed by atoms with Crippen LogP contribution in [0.5, 0.6) is 0 Å². The van der Waals surface area contributed by atoms with Crippen LogP contribution in [0.3, 0.4) is 0 Å². The second kappa shape index (κ2) is 10.1. The number of ether oxygens (including phenoxy) is 1. The largest absolute Gasteiger partial charge is 0.369 e. The molecule has 2 N–H and O–H groups in total. The van der Waals surface area contributed by atoms with E-state index in [-0.39, 0.29) is 23.8 Å². The first kappa shape index (κ1) is 25.2. The van der Waals surface area contributed by atoms with E-state index < -0.39 is 0 Å². The van der Waals surface area contributed by atoms with Crippen molar-refractivity contribution in [2.75, 3.05) is 18.4 Å². The molecular weight excluding hydrogens is 466 g/mol. The van der Waals surface area contributed by atoms with Crippen LogP contribution in [-0.4, -0.2) is 55.5 Å². The van der Waals surface area contributed by atoms with Crippen molar-refractivity contribution in [3.63, 3.8) is 0 Å². The monoisotopic (exact) mass is 503 g/mol. The molecule has 9 nitrogen and oxygen atoms in total. The summed E-state index contributed by atoms with van der Waals surface area (Å²) < 4.78 is 7.80. The number of rotatable bonds is 5. The smallest absolute Gasteiger partial charge is 0.318 e. The zero-order chi connectivity index (χ0) is 26.2. The molecule has 3 aromatic rings. The highest BCUT2D eigenvalue weighted by molar-refractivity contribution is 5.76. The Bertz CT molecular complexity index is 1270. The van der Waals surface area contributed by atoms with E-state index in [0.29, 0.717) is 19.0 Å².